The maximum Gasteiger partial charge on any atom is 0.266 e. The molecule has 0 unspecified atom stereocenters. The van der Waals surface area contributed by atoms with Crippen LogP contribution in [0.15, 0.2) is 81.2 Å². The van der Waals surface area contributed by atoms with Crippen molar-refractivity contribution in [1.82, 2.24) is 0 Å². The summed E-state index contributed by atoms with van der Waals surface area (Å²) in [6, 6.07) is 19.4. The van der Waals surface area contributed by atoms with E-state index in [1.807, 2.05) is 24.3 Å². The number of nitriles is 1. The Labute approximate surface area is 206 Å². The Balaban J connectivity index is 1.69. The van der Waals surface area contributed by atoms with Crippen LogP contribution in [0.25, 0.3) is 6.08 Å². The number of hydrogen-bond donors (Lipinski definition) is 2. The molecule has 0 saturated heterocycles. The number of ether oxygens (including phenoxy) is 1. The zero-order valence-corrected chi connectivity index (χ0v) is 20.1. The van der Waals surface area contributed by atoms with Crippen LogP contribution in [0.3, 0.4) is 0 Å². The fraction of sp³-hybridized carbons (Fsp3) is 0.0417. The molecule has 0 aromatic heterocycles. The van der Waals surface area contributed by atoms with Gasteiger partial charge in [-0.05, 0) is 92.0 Å². The Kier molecular flexibility index (Phi) is 8.35. The molecule has 0 bridgehead atoms. The van der Waals surface area contributed by atoms with E-state index in [0.717, 1.165) is 0 Å². The van der Waals surface area contributed by atoms with Gasteiger partial charge in [0.25, 0.3) is 11.8 Å². The van der Waals surface area contributed by atoms with Gasteiger partial charge in [-0.15, -0.1) is 0 Å². The second-order valence-electron chi connectivity index (χ2n) is 6.65. The number of nitrogens with zero attached hydrogens (tertiary/aromatic N) is 1. The maximum atomic E-state index is 13.0. The molecule has 3 rings (SSSR count). The Bertz CT molecular complexity index is 1220. The molecule has 0 spiro atoms. The summed E-state index contributed by atoms with van der Waals surface area (Å²) in [6.07, 6.45) is 1.40. The highest BCUT2D eigenvalue weighted by Crippen LogP contribution is 2.35. The highest BCUT2D eigenvalue weighted by Gasteiger charge is 2.14. The lowest BCUT2D eigenvalue weighted by Crippen LogP contribution is -2.20. The Morgan fingerprint density at radius 2 is 1.58 bits per heavy atom. The third-order valence-electron chi connectivity index (χ3n) is 4.20. The molecule has 0 atom stereocenters. The Morgan fingerprint density at radius 1 is 0.970 bits per heavy atom. The van der Waals surface area contributed by atoms with Crippen LogP contribution in [-0.2, 0) is 9.59 Å². The van der Waals surface area contributed by atoms with Crippen LogP contribution in [0.5, 0.6) is 5.75 Å². The fourth-order valence-electron chi connectivity index (χ4n) is 2.70. The number of benzene rings is 3. The molecule has 3 aromatic carbocycles. The normalized spacial score (nSPS) is 10.8. The van der Waals surface area contributed by atoms with Crippen molar-refractivity contribution >= 4 is 61.1 Å². The summed E-state index contributed by atoms with van der Waals surface area (Å²) in [5, 5.41) is 14.7. The molecule has 2 N–H and O–H groups in total. The van der Waals surface area contributed by atoms with E-state index in [0.29, 0.717) is 31.6 Å². The molecule has 2 amide bonds. The lowest BCUT2D eigenvalue weighted by Gasteiger charge is -2.12. The monoisotopic (exact) mass is 571 g/mol. The number of hydrogen-bond acceptors (Lipinski definition) is 4. The average Bonchev–Trinajstić information content (AvgIpc) is 2.79. The predicted octanol–water partition coefficient (Wildman–Crippen LogP) is 5.91. The first-order chi connectivity index (χ1) is 15.9. The van der Waals surface area contributed by atoms with E-state index >= 15 is 0 Å². The van der Waals surface area contributed by atoms with Gasteiger partial charge in [0.05, 0.1) is 8.95 Å². The van der Waals surface area contributed by atoms with E-state index in [1.54, 1.807) is 24.3 Å². The van der Waals surface area contributed by atoms with Crippen LogP contribution >= 0.6 is 31.9 Å². The average molecular weight is 573 g/mol. The number of carbonyl (C=O) groups excluding carboxylic acids is 2. The van der Waals surface area contributed by atoms with E-state index in [9.17, 15) is 19.2 Å². The number of para-hydroxylation sites is 1. The molecule has 0 saturated carbocycles. The van der Waals surface area contributed by atoms with Crippen molar-refractivity contribution in [2.45, 2.75) is 0 Å². The van der Waals surface area contributed by atoms with Gasteiger partial charge in [0.15, 0.2) is 6.61 Å². The second-order valence-corrected chi connectivity index (χ2v) is 8.36. The fourth-order valence-corrected chi connectivity index (χ4v) is 4.15. The lowest BCUT2D eigenvalue weighted by atomic mass is 10.1. The van der Waals surface area contributed by atoms with E-state index in [-0.39, 0.29) is 18.1 Å². The zero-order valence-electron chi connectivity index (χ0n) is 16.9. The highest BCUT2D eigenvalue weighted by atomic mass is 79.9. The van der Waals surface area contributed by atoms with Crippen LogP contribution < -0.4 is 15.4 Å². The van der Waals surface area contributed by atoms with Crippen LogP contribution in [0, 0.1) is 17.1 Å². The van der Waals surface area contributed by atoms with Gasteiger partial charge < -0.3 is 15.4 Å². The summed E-state index contributed by atoms with van der Waals surface area (Å²) < 4.78 is 19.7. The summed E-state index contributed by atoms with van der Waals surface area (Å²) >= 11 is 6.78. The minimum absolute atomic E-state index is 0.144. The first-order valence-corrected chi connectivity index (χ1v) is 11.1. The molecule has 166 valence electrons. The van der Waals surface area contributed by atoms with Gasteiger partial charge in [0.1, 0.15) is 23.2 Å². The van der Waals surface area contributed by atoms with Gasteiger partial charge in [0.2, 0.25) is 0 Å². The second kappa shape index (κ2) is 11.4. The molecule has 3 aromatic rings. The molecule has 0 fully saturated rings. The molecule has 0 heterocycles. The highest BCUT2D eigenvalue weighted by molar-refractivity contribution is 9.11. The van der Waals surface area contributed by atoms with Crippen LogP contribution in [-0.4, -0.2) is 18.4 Å². The molecular weight excluding hydrogens is 557 g/mol. The number of carbonyl (C=O) groups is 2. The Hall–Kier alpha value is -3.48. The van der Waals surface area contributed by atoms with Crippen molar-refractivity contribution in [3.05, 3.63) is 92.6 Å². The summed E-state index contributed by atoms with van der Waals surface area (Å²) in [4.78, 5) is 24.5. The molecule has 0 aliphatic carbocycles. The summed E-state index contributed by atoms with van der Waals surface area (Å²) in [5.41, 5.74) is 1.42. The first-order valence-electron chi connectivity index (χ1n) is 9.51. The molecule has 0 radical (unpaired) electrons. The third-order valence-corrected chi connectivity index (χ3v) is 5.38. The molecule has 0 aliphatic heterocycles. The molecular formula is C24H16Br2FN3O3. The minimum Gasteiger partial charge on any atom is -0.481 e. The largest absolute Gasteiger partial charge is 0.481 e. The summed E-state index contributed by atoms with van der Waals surface area (Å²) in [7, 11) is 0. The predicted molar refractivity (Wildman–Crippen MR) is 131 cm³/mol. The van der Waals surface area contributed by atoms with Crippen molar-refractivity contribution in [3.8, 4) is 11.8 Å². The molecule has 0 aliphatic rings. The smallest absolute Gasteiger partial charge is 0.266 e. The summed E-state index contributed by atoms with van der Waals surface area (Å²) in [5.74, 6) is -0.995. The third kappa shape index (κ3) is 7.00. The van der Waals surface area contributed by atoms with Crippen LogP contribution in [0.4, 0.5) is 15.8 Å². The van der Waals surface area contributed by atoms with Gasteiger partial charge >= 0.3 is 0 Å². The van der Waals surface area contributed by atoms with Crippen molar-refractivity contribution < 1.29 is 18.7 Å². The summed E-state index contributed by atoms with van der Waals surface area (Å²) in [6.45, 7) is -0.217. The van der Waals surface area contributed by atoms with E-state index in [2.05, 4.69) is 42.5 Å². The number of nitrogens with one attached hydrogen (secondary N) is 2. The van der Waals surface area contributed by atoms with Gasteiger partial charge in [-0.25, -0.2) is 4.39 Å². The molecule has 6 nitrogen and oxygen atoms in total. The molecule has 9 heteroatoms. The quantitative estimate of drug-likeness (QED) is 0.272. The van der Waals surface area contributed by atoms with Crippen molar-refractivity contribution in [2.24, 2.45) is 0 Å². The first kappa shape index (κ1) is 24.2. The minimum atomic E-state index is -0.630. The van der Waals surface area contributed by atoms with Crippen LogP contribution in [0.2, 0.25) is 0 Å². The zero-order chi connectivity index (χ0) is 23.8. The number of halogens is 3. The standard InChI is InChI=1S/C24H16Br2FN3O3/c25-20-11-15(10-16(13-28)24(32)30-19-8-6-17(27)7-9-19)12-21(26)23(20)33-14-22(31)29-18-4-2-1-3-5-18/h1-12H,14H2,(H,29,31)(H,30,32)/b16-10+. The SMILES string of the molecule is N#C/C(=C\c1cc(Br)c(OCC(=O)Nc2ccccc2)c(Br)c1)C(=O)Nc1ccc(F)cc1. The number of rotatable bonds is 7. The van der Waals surface area contributed by atoms with E-state index in [1.165, 1.54) is 30.3 Å². The lowest BCUT2D eigenvalue weighted by molar-refractivity contribution is -0.118. The van der Waals surface area contributed by atoms with Crippen molar-refractivity contribution in [3.63, 3.8) is 0 Å². The van der Waals surface area contributed by atoms with Gasteiger partial charge in [-0.3, -0.25) is 9.59 Å². The number of amides is 2. The van der Waals surface area contributed by atoms with E-state index in [4.69, 9.17) is 4.74 Å². The topological polar surface area (TPSA) is 91.2 Å². The number of anilines is 2. The van der Waals surface area contributed by atoms with Gasteiger partial charge in [-0.1, -0.05) is 18.2 Å². The van der Waals surface area contributed by atoms with Crippen molar-refractivity contribution in [2.75, 3.05) is 17.2 Å². The van der Waals surface area contributed by atoms with E-state index < -0.39 is 11.7 Å². The molecule has 33 heavy (non-hydrogen) atoms. The Morgan fingerprint density at radius 3 is 2.18 bits per heavy atom. The van der Waals surface area contributed by atoms with Gasteiger partial charge in [-0.2, -0.15) is 5.26 Å². The van der Waals surface area contributed by atoms with Crippen molar-refractivity contribution in [1.29, 1.82) is 5.26 Å². The maximum absolute atomic E-state index is 13.0. The van der Waals surface area contributed by atoms with Gasteiger partial charge in [0, 0.05) is 11.4 Å². The van der Waals surface area contributed by atoms with Crippen LogP contribution in [0.1, 0.15) is 5.56 Å².